The van der Waals surface area contributed by atoms with Crippen LogP contribution in [0.25, 0.3) is 0 Å². The molecular formula is C12H21N3. The van der Waals surface area contributed by atoms with E-state index in [1.807, 2.05) is 12.1 Å². The Balaban J connectivity index is 2.58. The molecule has 0 bridgehead atoms. The van der Waals surface area contributed by atoms with Gasteiger partial charge in [-0.1, -0.05) is 20.8 Å². The van der Waals surface area contributed by atoms with Gasteiger partial charge in [0.2, 0.25) is 0 Å². The molecule has 0 fully saturated rings. The van der Waals surface area contributed by atoms with E-state index in [9.17, 15) is 0 Å². The maximum absolute atomic E-state index is 5.56. The lowest BCUT2D eigenvalue weighted by atomic mass is 9.87. The van der Waals surface area contributed by atoms with Crippen LogP contribution in [0.4, 0.5) is 0 Å². The molecular weight excluding hydrogens is 186 g/mol. The summed E-state index contributed by atoms with van der Waals surface area (Å²) in [5.74, 6) is 5.56. The van der Waals surface area contributed by atoms with Crippen molar-refractivity contribution in [2.24, 2.45) is 11.3 Å². The third-order valence-electron chi connectivity index (χ3n) is 2.49. The summed E-state index contributed by atoms with van der Waals surface area (Å²) in [6, 6.07) is 4.24. The maximum Gasteiger partial charge on any atom is 0.0461 e. The fraction of sp³-hybridized carbons (Fsp3) is 0.583. The normalized spacial score (nSPS) is 13.9. The zero-order valence-corrected chi connectivity index (χ0v) is 9.83. The van der Waals surface area contributed by atoms with Gasteiger partial charge in [-0.15, -0.1) is 0 Å². The molecule has 0 radical (unpaired) electrons. The standard InChI is InChI=1S/C12H21N3/c1-12(2,3)7-4-11(15-13)10-5-8-14-9-6-10/h5-6,8-9,11,15H,4,7,13H2,1-3H3. The molecule has 3 heteroatoms. The lowest BCUT2D eigenvalue weighted by Gasteiger charge is -2.22. The highest BCUT2D eigenvalue weighted by molar-refractivity contribution is 5.14. The molecule has 0 aliphatic heterocycles. The Bertz CT molecular complexity index is 277. The number of nitrogens with zero attached hydrogens (tertiary/aromatic N) is 1. The molecule has 3 nitrogen and oxygen atoms in total. The number of pyridine rings is 1. The average Bonchev–Trinajstić information content (AvgIpc) is 2.19. The monoisotopic (exact) mass is 207 g/mol. The summed E-state index contributed by atoms with van der Waals surface area (Å²) in [6.45, 7) is 6.73. The second-order valence-corrected chi connectivity index (χ2v) is 5.10. The molecule has 0 spiro atoms. The van der Waals surface area contributed by atoms with E-state index in [-0.39, 0.29) is 6.04 Å². The molecule has 0 amide bonds. The molecule has 3 N–H and O–H groups in total. The van der Waals surface area contributed by atoms with Crippen molar-refractivity contribution in [1.29, 1.82) is 0 Å². The Labute approximate surface area is 92.1 Å². The van der Waals surface area contributed by atoms with Crippen LogP contribution in [0.15, 0.2) is 24.5 Å². The van der Waals surface area contributed by atoms with Crippen LogP contribution in [0.3, 0.4) is 0 Å². The SMILES string of the molecule is CC(C)(C)CCC(NN)c1ccncc1. The summed E-state index contributed by atoms with van der Waals surface area (Å²) in [5.41, 5.74) is 4.42. The van der Waals surface area contributed by atoms with Crippen LogP contribution in [0.1, 0.15) is 45.2 Å². The van der Waals surface area contributed by atoms with E-state index in [1.165, 1.54) is 5.56 Å². The lowest BCUT2D eigenvalue weighted by Crippen LogP contribution is -2.28. The summed E-state index contributed by atoms with van der Waals surface area (Å²) < 4.78 is 0. The van der Waals surface area contributed by atoms with Crippen molar-refractivity contribution in [1.82, 2.24) is 10.4 Å². The Hall–Kier alpha value is -0.930. The first-order valence-corrected chi connectivity index (χ1v) is 5.39. The highest BCUT2D eigenvalue weighted by atomic mass is 15.2. The fourth-order valence-corrected chi connectivity index (χ4v) is 1.52. The van der Waals surface area contributed by atoms with E-state index in [1.54, 1.807) is 12.4 Å². The van der Waals surface area contributed by atoms with Crippen molar-refractivity contribution in [2.45, 2.75) is 39.7 Å². The van der Waals surface area contributed by atoms with Gasteiger partial charge in [-0.05, 0) is 36.0 Å². The Morgan fingerprint density at radius 3 is 2.40 bits per heavy atom. The number of nitrogens with one attached hydrogen (secondary N) is 1. The molecule has 1 atom stereocenters. The van der Waals surface area contributed by atoms with E-state index >= 15 is 0 Å². The van der Waals surface area contributed by atoms with Gasteiger partial charge in [0.1, 0.15) is 0 Å². The van der Waals surface area contributed by atoms with Crippen LogP contribution in [0.2, 0.25) is 0 Å². The van der Waals surface area contributed by atoms with E-state index in [0.717, 1.165) is 12.8 Å². The Morgan fingerprint density at radius 1 is 1.33 bits per heavy atom. The van der Waals surface area contributed by atoms with Gasteiger partial charge in [0.15, 0.2) is 0 Å². The number of hydrazine groups is 1. The van der Waals surface area contributed by atoms with Gasteiger partial charge in [0.25, 0.3) is 0 Å². The Kier molecular flexibility index (Phi) is 4.24. The van der Waals surface area contributed by atoms with E-state index < -0.39 is 0 Å². The van der Waals surface area contributed by atoms with E-state index in [2.05, 4.69) is 31.2 Å². The van der Waals surface area contributed by atoms with E-state index in [4.69, 9.17) is 5.84 Å². The molecule has 0 aromatic carbocycles. The van der Waals surface area contributed by atoms with Gasteiger partial charge in [0.05, 0.1) is 0 Å². The average molecular weight is 207 g/mol. The van der Waals surface area contributed by atoms with Gasteiger partial charge in [0, 0.05) is 18.4 Å². The third kappa shape index (κ3) is 4.40. The van der Waals surface area contributed by atoms with Gasteiger partial charge >= 0.3 is 0 Å². The Morgan fingerprint density at radius 2 is 1.93 bits per heavy atom. The van der Waals surface area contributed by atoms with Crippen molar-refractivity contribution in [3.8, 4) is 0 Å². The molecule has 15 heavy (non-hydrogen) atoms. The summed E-state index contributed by atoms with van der Waals surface area (Å²) in [6.07, 6.45) is 5.79. The first-order chi connectivity index (χ1) is 7.03. The number of hydrogen-bond donors (Lipinski definition) is 2. The second kappa shape index (κ2) is 5.24. The van der Waals surface area contributed by atoms with Crippen molar-refractivity contribution < 1.29 is 0 Å². The molecule has 0 aliphatic rings. The van der Waals surface area contributed by atoms with Crippen molar-refractivity contribution in [2.75, 3.05) is 0 Å². The van der Waals surface area contributed by atoms with Crippen LogP contribution in [0, 0.1) is 5.41 Å². The van der Waals surface area contributed by atoms with Crippen molar-refractivity contribution in [3.05, 3.63) is 30.1 Å². The van der Waals surface area contributed by atoms with Crippen LogP contribution in [-0.2, 0) is 0 Å². The number of hydrogen-bond acceptors (Lipinski definition) is 3. The lowest BCUT2D eigenvalue weighted by molar-refractivity contribution is 0.333. The minimum absolute atomic E-state index is 0.229. The highest BCUT2D eigenvalue weighted by Crippen LogP contribution is 2.26. The molecule has 1 heterocycles. The first-order valence-electron chi connectivity index (χ1n) is 5.39. The van der Waals surface area contributed by atoms with Crippen LogP contribution < -0.4 is 11.3 Å². The fourth-order valence-electron chi connectivity index (χ4n) is 1.52. The van der Waals surface area contributed by atoms with Crippen LogP contribution in [0.5, 0.6) is 0 Å². The third-order valence-corrected chi connectivity index (χ3v) is 2.49. The van der Waals surface area contributed by atoms with Crippen LogP contribution in [-0.4, -0.2) is 4.98 Å². The largest absolute Gasteiger partial charge is 0.271 e. The minimum atomic E-state index is 0.229. The molecule has 1 aromatic rings. The van der Waals surface area contributed by atoms with Gasteiger partial charge in [-0.2, -0.15) is 0 Å². The minimum Gasteiger partial charge on any atom is -0.271 e. The molecule has 1 aromatic heterocycles. The first kappa shape index (κ1) is 12.1. The molecule has 0 aliphatic carbocycles. The highest BCUT2D eigenvalue weighted by Gasteiger charge is 2.15. The van der Waals surface area contributed by atoms with Gasteiger partial charge in [-0.3, -0.25) is 16.3 Å². The molecule has 0 saturated carbocycles. The van der Waals surface area contributed by atoms with Crippen molar-refractivity contribution >= 4 is 0 Å². The van der Waals surface area contributed by atoms with E-state index in [0.29, 0.717) is 5.41 Å². The maximum atomic E-state index is 5.56. The second-order valence-electron chi connectivity index (χ2n) is 5.10. The van der Waals surface area contributed by atoms with Gasteiger partial charge in [-0.25, -0.2) is 0 Å². The zero-order valence-electron chi connectivity index (χ0n) is 9.83. The number of nitrogens with two attached hydrogens (primary N) is 1. The summed E-state index contributed by atoms with van der Waals surface area (Å²) in [7, 11) is 0. The molecule has 1 rings (SSSR count). The molecule has 1 unspecified atom stereocenters. The predicted octanol–water partition coefficient (Wildman–Crippen LogP) is 2.41. The number of aromatic nitrogens is 1. The summed E-state index contributed by atoms with van der Waals surface area (Å²) in [5, 5.41) is 0. The summed E-state index contributed by atoms with van der Waals surface area (Å²) >= 11 is 0. The smallest absolute Gasteiger partial charge is 0.0461 e. The summed E-state index contributed by atoms with van der Waals surface area (Å²) in [4.78, 5) is 4.00. The molecule has 0 saturated heterocycles. The molecule has 84 valence electrons. The van der Waals surface area contributed by atoms with Crippen LogP contribution >= 0.6 is 0 Å². The quantitative estimate of drug-likeness (QED) is 0.589. The zero-order chi connectivity index (χ0) is 11.3. The number of rotatable bonds is 4. The van der Waals surface area contributed by atoms with Gasteiger partial charge < -0.3 is 0 Å². The topological polar surface area (TPSA) is 50.9 Å². The van der Waals surface area contributed by atoms with Crippen molar-refractivity contribution in [3.63, 3.8) is 0 Å². The predicted molar refractivity (Wildman–Crippen MR) is 63.0 cm³/mol.